The molecule has 1 amide bonds. The Kier molecular flexibility index (Phi) is 5.71. The fraction of sp³-hybridized carbons (Fsp3) is 0.100. The van der Waals surface area contributed by atoms with Gasteiger partial charge in [-0.25, -0.2) is 5.43 Å². The van der Waals surface area contributed by atoms with Gasteiger partial charge in [-0.1, -0.05) is 23.7 Å². The van der Waals surface area contributed by atoms with Crippen LogP contribution in [0.3, 0.4) is 0 Å². The second-order valence-corrected chi connectivity index (χ2v) is 6.16. The van der Waals surface area contributed by atoms with Crippen molar-refractivity contribution in [2.75, 3.05) is 11.9 Å². The van der Waals surface area contributed by atoms with Gasteiger partial charge >= 0.3 is 0 Å². The number of aryl methyl sites for hydroxylation is 1. The molecule has 0 aliphatic rings. The van der Waals surface area contributed by atoms with Gasteiger partial charge in [-0.15, -0.1) is 0 Å². The minimum atomic E-state index is -0.243. The third-order valence-corrected chi connectivity index (χ3v) is 3.86. The highest BCUT2D eigenvalue weighted by Gasteiger charge is 2.04. The lowest BCUT2D eigenvalue weighted by atomic mass is 10.2. The van der Waals surface area contributed by atoms with E-state index in [0.717, 1.165) is 16.8 Å². The molecule has 0 atom stereocenters. The van der Waals surface area contributed by atoms with Gasteiger partial charge in [0.05, 0.1) is 12.8 Å². The fourth-order valence-electron chi connectivity index (χ4n) is 2.34. The Morgan fingerprint density at radius 3 is 2.73 bits per heavy atom. The smallest absolute Gasteiger partial charge is 0.259 e. The Labute approximate surface area is 156 Å². The van der Waals surface area contributed by atoms with Gasteiger partial charge in [0.25, 0.3) is 5.91 Å². The van der Waals surface area contributed by atoms with Crippen molar-refractivity contribution in [1.82, 2.24) is 5.43 Å². The number of furan rings is 1. The van der Waals surface area contributed by atoms with Crippen molar-refractivity contribution < 1.29 is 9.21 Å². The van der Waals surface area contributed by atoms with E-state index in [1.54, 1.807) is 18.2 Å². The number of rotatable bonds is 6. The van der Waals surface area contributed by atoms with Crippen LogP contribution >= 0.6 is 11.6 Å². The summed E-state index contributed by atoms with van der Waals surface area (Å²) in [5.74, 6) is 1.00. The predicted octanol–water partition coefficient (Wildman–Crippen LogP) is 4.47. The molecular weight excluding hydrogens is 350 g/mol. The lowest BCUT2D eigenvalue weighted by Crippen LogP contribution is -2.25. The largest absolute Gasteiger partial charge is 0.455 e. The van der Waals surface area contributed by atoms with E-state index in [0.29, 0.717) is 16.5 Å². The van der Waals surface area contributed by atoms with Gasteiger partial charge in [0, 0.05) is 16.3 Å². The molecule has 1 heterocycles. The highest BCUT2D eigenvalue weighted by molar-refractivity contribution is 6.30. The first kappa shape index (κ1) is 17.8. The maximum absolute atomic E-state index is 11.8. The topological polar surface area (TPSA) is 66.6 Å². The third-order valence-electron chi connectivity index (χ3n) is 3.61. The van der Waals surface area contributed by atoms with Crippen LogP contribution in [-0.4, -0.2) is 18.7 Å². The third kappa shape index (κ3) is 4.97. The van der Waals surface area contributed by atoms with E-state index >= 15 is 0 Å². The molecule has 0 bridgehead atoms. The normalized spacial score (nSPS) is 10.8. The number of hydrogen-bond donors (Lipinski definition) is 2. The molecule has 0 aliphatic carbocycles. The first-order chi connectivity index (χ1) is 12.6. The van der Waals surface area contributed by atoms with Crippen LogP contribution in [0.5, 0.6) is 0 Å². The predicted molar refractivity (Wildman–Crippen MR) is 105 cm³/mol. The van der Waals surface area contributed by atoms with E-state index in [1.807, 2.05) is 49.4 Å². The highest BCUT2D eigenvalue weighted by atomic mass is 35.5. The highest BCUT2D eigenvalue weighted by Crippen LogP contribution is 2.23. The first-order valence-electron chi connectivity index (χ1n) is 8.08. The Hall–Kier alpha value is -3.05. The van der Waals surface area contributed by atoms with E-state index in [1.165, 1.54) is 6.21 Å². The number of hydrazone groups is 1. The SMILES string of the molecule is Cc1cccc(NCC(=O)N/N=C/c2ccc(-c3ccc(Cl)cc3)o2)c1. The van der Waals surface area contributed by atoms with Crippen LogP contribution in [0.4, 0.5) is 5.69 Å². The van der Waals surface area contributed by atoms with Crippen molar-refractivity contribution in [2.45, 2.75) is 6.92 Å². The molecule has 3 aromatic rings. The summed E-state index contributed by atoms with van der Waals surface area (Å²) in [6.45, 7) is 2.13. The lowest BCUT2D eigenvalue weighted by molar-refractivity contribution is -0.119. The van der Waals surface area contributed by atoms with Gasteiger partial charge in [-0.2, -0.15) is 5.10 Å². The quantitative estimate of drug-likeness (QED) is 0.499. The summed E-state index contributed by atoms with van der Waals surface area (Å²) in [5.41, 5.74) is 5.40. The average Bonchev–Trinajstić information content (AvgIpc) is 3.09. The maximum Gasteiger partial charge on any atom is 0.259 e. The van der Waals surface area contributed by atoms with Gasteiger partial charge in [-0.05, 0) is 61.0 Å². The van der Waals surface area contributed by atoms with Gasteiger partial charge in [0.15, 0.2) is 0 Å². The molecule has 0 aliphatic heterocycles. The molecular formula is C20H18ClN3O2. The molecule has 5 nitrogen and oxygen atoms in total. The van der Waals surface area contributed by atoms with Crippen LogP contribution in [0.2, 0.25) is 5.02 Å². The van der Waals surface area contributed by atoms with Crippen molar-refractivity contribution in [2.24, 2.45) is 5.10 Å². The number of carbonyl (C=O) groups is 1. The van der Waals surface area contributed by atoms with E-state index in [2.05, 4.69) is 15.8 Å². The molecule has 2 N–H and O–H groups in total. The van der Waals surface area contributed by atoms with Crippen molar-refractivity contribution in [3.63, 3.8) is 0 Å². The van der Waals surface area contributed by atoms with E-state index in [-0.39, 0.29) is 12.5 Å². The minimum absolute atomic E-state index is 0.134. The summed E-state index contributed by atoms with van der Waals surface area (Å²) in [5, 5.41) is 7.63. The van der Waals surface area contributed by atoms with Crippen LogP contribution in [-0.2, 0) is 4.79 Å². The van der Waals surface area contributed by atoms with Gasteiger partial charge < -0.3 is 9.73 Å². The summed E-state index contributed by atoms with van der Waals surface area (Å²) in [7, 11) is 0. The molecule has 132 valence electrons. The van der Waals surface area contributed by atoms with Crippen molar-refractivity contribution in [3.05, 3.63) is 77.0 Å². The van der Waals surface area contributed by atoms with Gasteiger partial charge in [0.2, 0.25) is 0 Å². The van der Waals surface area contributed by atoms with Gasteiger partial charge in [0.1, 0.15) is 11.5 Å². The number of halogens is 1. The lowest BCUT2D eigenvalue weighted by Gasteiger charge is -2.05. The zero-order valence-electron chi connectivity index (χ0n) is 14.2. The van der Waals surface area contributed by atoms with Crippen LogP contribution in [0.1, 0.15) is 11.3 Å². The Bertz CT molecular complexity index is 917. The number of nitrogens with one attached hydrogen (secondary N) is 2. The van der Waals surface area contributed by atoms with Crippen molar-refractivity contribution in [3.8, 4) is 11.3 Å². The number of anilines is 1. The first-order valence-corrected chi connectivity index (χ1v) is 8.46. The van der Waals surface area contributed by atoms with Crippen LogP contribution in [0.15, 0.2) is 70.2 Å². The maximum atomic E-state index is 11.8. The molecule has 2 aromatic carbocycles. The molecule has 0 saturated carbocycles. The van der Waals surface area contributed by atoms with E-state index in [9.17, 15) is 4.79 Å². The molecule has 26 heavy (non-hydrogen) atoms. The Morgan fingerprint density at radius 2 is 1.96 bits per heavy atom. The molecule has 0 spiro atoms. The molecule has 1 aromatic heterocycles. The Morgan fingerprint density at radius 1 is 1.15 bits per heavy atom. The number of nitrogens with zero attached hydrogens (tertiary/aromatic N) is 1. The summed E-state index contributed by atoms with van der Waals surface area (Å²) in [6, 6.07) is 18.8. The number of benzene rings is 2. The zero-order valence-corrected chi connectivity index (χ0v) is 15.0. The fourth-order valence-corrected chi connectivity index (χ4v) is 2.46. The van der Waals surface area contributed by atoms with Crippen LogP contribution in [0.25, 0.3) is 11.3 Å². The van der Waals surface area contributed by atoms with Crippen molar-refractivity contribution in [1.29, 1.82) is 0 Å². The number of carbonyl (C=O) groups excluding carboxylic acids is 1. The molecule has 0 radical (unpaired) electrons. The second-order valence-electron chi connectivity index (χ2n) is 5.73. The number of hydrogen-bond acceptors (Lipinski definition) is 4. The van der Waals surface area contributed by atoms with Gasteiger partial charge in [-0.3, -0.25) is 4.79 Å². The van der Waals surface area contributed by atoms with Crippen LogP contribution in [0, 0.1) is 6.92 Å². The summed E-state index contributed by atoms with van der Waals surface area (Å²) in [4.78, 5) is 11.8. The summed E-state index contributed by atoms with van der Waals surface area (Å²) < 4.78 is 5.67. The molecule has 3 rings (SSSR count). The molecule has 0 unspecified atom stereocenters. The standard InChI is InChI=1S/C20H18ClN3O2/c1-14-3-2-4-17(11-14)22-13-20(25)24-23-12-18-9-10-19(26-18)15-5-7-16(21)8-6-15/h2-12,22H,13H2,1H3,(H,24,25)/b23-12+. The average molecular weight is 368 g/mol. The monoisotopic (exact) mass is 367 g/mol. The molecule has 6 heteroatoms. The molecule has 0 saturated heterocycles. The Balaban J connectivity index is 1.50. The summed E-state index contributed by atoms with van der Waals surface area (Å²) >= 11 is 5.88. The second kappa shape index (κ2) is 8.36. The summed E-state index contributed by atoms with van der Waals surface area (Å²) in [6.07, 6.45) is 1.46. The molecule has 0 fully saturated rings. The zero-order chi connectivity index (χ0) is 18.4. The van der Waals surface area contributed by atoms with Crippen molar-refractivity contribution >= 4 is 29.4 Å². The number of amides is 1. The van der Waals surface area contributed by atoms with Crippen LogP contribution < -0.4 is 10.7 Å². The van der Waals surface area contributed by atoms with E-state index in [4.69, 9.17) is 16.0 Å². The minimum Gasteiger partial charge on any atom is -0.455 e. The van der Waals surface area contributed by atoms with E-state index < -0.39 is 0 Å².